The lowest BCUT2D eigenvalue weighted by Gasteiger charge is -2.13. The lowest BCUT2D eigenvalue weighted by molar-refractivity contribution is 0.0518. The van der Waals surface area contributed by atoms with Crippen molar-refractivity contribution < 1.29 is 9.53 Å². The molecule has 94 valence electrons. The summed E-state index contributed by atoms with van der Waals surface area (Å²) < 4.78 is 4.93. The van der Waals surface area contributed by atoms with Gasteiger partial charge < -0.3 is 9.72 Å². The van der Waals surface area contributed by atoms with Gasteiger partial charge in [-0.3, -0.25) is 9.69 Å². The average molecular weight is 256 g/mol. The van der Waals surface area contributed by atoms with Crippen LogP contribution in [0.1, 0.15) is 35.1 Å². The number of thiazole rings is 1. The molecule has 0 bridgehead atoms. The second kappa shape index (κ2) is 5.46. The van der Waals surface area contributed by atoms with E-state index in [-0.39, 0.29) is 4.87 Å². The lowest BCUT2D eigenvalue weighted by atomic mass is 10.3. The van der Waals surface area contributed by atoms with Crippen molar-refractivity contribution in [2.75, 3.05) is 19.7 Å². The first-order chi connectivity index (χ1) is 8.20. The fourth-order valence-corrected chi connectivity index (χ4v) is 2.84. The molecule has 5 nitrogen and oxygen atoms in total. The molecule has 2 rings (SSSR count). The maximum Gasteiger partial charge on any atom is 0.356 e. The van der Waals surface area contributed by atoms with Crippen LogP contribution in [0.4, 0.5) is 0 Å². The minimum Gasteiger partial charge on any atom is -0.461 e. The van der Waals surface area contributed by atoms with E-state index in [1.54, 1.807) is 6.92 Å². The lowest BCUT2D eigenvalue weighted by Crippen LogP contribution is -2.19. The van der Waals surface area contributed by atoms with E-state index in [1.807, 2.05) is 0 Å². The maximum atomic E-state index is 11.6. The third-order valence-corrected chi connectivity index (χ3v) is 3.63. The normalized spacial score (nSPS) is 16.3. The Morgan fingerprint density at radius 2 is 2.18 bits per heavy atom. The van der Waals surface area contributed by atoms with E-state index in [2.05, 4.69) is 9.88 Å². The minimum atomic E-state index is -0.431. The molecule has 1 fully saturated rings. The number of nitrogens with zero attached hydrogens (tertiary/aromatic N) is 1. The van der Waals surface area contributed by atoms with Crippen molar-refractivity contribution in [1.29, 1.82) is 0 Å². The van der Waals surface area contributed by atoms with Gasteiger partial charge in [0.2, 0.25) is 0 Å². The van der Waals surface area contributed by atoms with Crippen molar-refractivity contribution in [3.05, 3.63) is 20.2 Å². The molecule has 0 unspecified atom stereocenters. The first-order valence-corrected chi connectivity index (χ1v) is 6.64. The Labute approximate surface area is 103 Å². The number of rotatable bonds is 4. The number of esters is 1. The quantitative estimate of drug-likeness (QED) is 0.822. The van der Waals surface area contributed by atoms with Crippen LogP contribution in [0.5, 0.6) is 0 Å². The van der Waals surface area contributed by atoms with Gasteiger partial charge in [-0.15, -0.1) is 0 Å². The smallest absolute Gasteiger partial charge is 0.356 e. The highest BCUT2D eigenvalue weighted by Gasteiger charge is 2.20. The van der Waals surface area contributed by atoms with Gasteiger partial charge in [0.1, 0.15) is 5.69 Å². The van der Waals surface area contributed by atoms with E-state index in [4.69, 9.17) is 4.74 Å². The van der Waals surface area contributed by atoms with E-state index in [0.29, 0.717) is 18.8 Å². The summed E-state index contributed by atoms with van der Waals surface area (Å²) in [7, 11) is 0. The van der Waals surface area contributed by atoms with Gasteiger partial charge in [-0.05, 0) is 32.9 Å². The van der Waals surface area contributed by atoms with Crippen LogP contribution in [0.25, 0.3) is 0 Å². The molecule has 1 N–H and O–H groups in total. The third kappa shape index (κ3) is 2.95. The number of carbonyl (C=O) groups is 1. The number of H-pyrrole nitrogens is 1. The Hall–Kier alpha value is -1.14. The highest BCUT2D eigenvalue weighted by atomic mass is 32.1. The largest absolute Gasteiger partial charge is 0.461 e. The first kappa shape index (κ1) is 12.3. The highest BCUT2D eigenvalue weighted by molar-refractivity contribution is 7.09. The van der Waals surface area contributed by atoms with Crippen molar-refractivity contribution in [1.82, 2.24) is 9.88 Å². The zero-order chi connectivity index (χ0) is 12.3. The number of aromatic amines is 1. The Morgan fingerprint density at radius 3 is 2.82 bits per heavy atom. The van der Waals surface area contributed by atoms with Crippen LogP contribution in [-0.2, 0) is 11.3 Å². The Kier molecular flexibility index (Phi) is 3.96. The van der Waals surface area contributed by atoms with E-state index in [1.165, 1.54) is 12.8 Å². The highest BCUT2D eigenvalue weighted by Crippen LogP contribution is 2.17. The van der Waals surface area contributed by atoms with Crippen LogP contribution in [-0.4, -0.2) is 35.5 Å². The van der Waals surface area contributed by atoms with E-state index < -0.39 is 5.97 Å². The number of likely N-dealkylation sites (tertiary alicyclic amines) is 1. The summed E-state index contributed by atoms with van der Waals surface area (Å²) in [6, 6.07) is 0. The molecular formula is C11H16N2O3S. The first-order valence-electron chi connectivity index (χ1n) is 5.82. The van der Waals surface area contributed by atoms with Crippen molar-refractivity contribution in [3.63, 3.8) is 0 Å². The van der Waals surface area contributed by atoms with Crippen molar-refractivity contribution in [2.24, 2.45) is 0 Å². The predicted octanol–water partition coefficient (Wildman–Crippen LogP) is 1.21. The predicted molar refractivity (Wildman–Crippen MR) is 65.4 cm³/mol. The van der Waals surface area contributed by atoms with Crippen LogP contribution in [0.3, 0.4) is 0 Å². The summed E-state index contributed by atoms with van der Waals surface area (Å²) in [5.74, 6) is -0.431. The molecule has 1 saturated heterocycles. The van der Waals surface area contributed by atoms with Gasteiger partial charge in [-0.2, -0.15) is 0 Å². The molecule has 0 aliphatic carbocycles. The summed E-state index contributed by atoms with van der Waals surface area (Å²) in [6.07, 6.45) is 2.38. The number of hydrogen-bond acceptors (Lipinski definition) is 5. The van der Waals surface area contributed by atoms with Crippen LogP contribution in [0.2, 0.25) is 0 Å². The molecule has 0 saturated carbocycles. The van der Waals surface area contributed by atoms with Crippen LogP contribution < -0.4 is 4.87 Å². The van der Waals surface area contributed by atoms with Gasteiger partial charge in [-0.25, -0.2) is 4.79 Å². The van der Waals surface area contributed by atoms with E-state index in [0.717, 1.165) is 29.3 Å². The molecule has 0 amide bonds. The molecule has 1 aliphatic rings. The fraction of sp³-hybridized carbons (Fsp3) is 0.636. The second-order valence-corrected chi connectivity index (χ2v) is 5.08. The molecule has 0 spiro atoms. The second-order valence-electron chi connectivity index (χ2n) is 4.02. The Morgan fingerprint density at radius 1 is 1.47 bits per heavy atom. The molecule has 6 heteroatoms. The Bertz CT molecular complexity index is 446. The molecule has 0 aromatic carbocycles. The summed E-state index contributed by atoms with van der Waals surface area (Å²) in [5, 5.41) is 0. The molecule has 0 atom stereocenters. The number of carbonyl (C=O) groups excluding carboxylic acids is 1. The maximum absolute atomic E-state index is 11.6. The van der Waals surface area contributed by atoms with Gasteiger partial charge >= 0.3 is 10.8 Å². The molecule has 1 aromatic rings. The van der Waals surface area contributed by atoms with Crippen molar-refractivity contribution >= 4 is 17.3 Å². The average Bonchev–Trinajstić information content (AvgIpc) is 2.89. The summed E-state index contributed by atoms with van der Waals surface area (Å²) in [4.78, 5) is 28.4. The van der Waals surface area contributed by atoms with Crippen molar-refractivity contribution in [3.8, 4) is 0 Å². The topological polar surface area (TPSA) is 62.4 Å². The minimum absolute atomic E-state index is 0.192. The zero-order valence-electron chi connectivity index (χ0n) is 9.82. The van der Waals surface area contributed by atoms with Gasteiger partial charge in [0, 0.05) is 6.54 Å². The molecule has 1 aliphatic heterocycles. The number of aromatic nitrogens is 1. The van der Waals surface area contributed by atoms with E-state index >= 15 is 0 Å². The SMILES string of the molecule is CCOC(=O)c1[nH]c(=O)sc1CN1CCCC1. The summed E-state index contributed by atoms with van der Waals surface area (Å²) >= 11 is 1.10. The molecule has 1 aromatic heterocycles. The standard InChI is InChI=1S/C11H16N2O3S/c1-2-16-10(14)9-8(17-11(15)12-9)7-13-5-3-4-6-13/h2-7H2,1H3,(H,12,15). The number of nitrogens with one attached hydrogen (secondary N) is 1. The summed E-state index contributed by atoms with van der Waals surface area (Å²) in [6.45, 7) is 4.81. The van der Waals surface area contributed by atoms with E-state index in [9.17, 15) is 9.59 Å². The monoisotopic (exact) mass is 256 g/mol. The molecule has 0 radical (unpaired) electrons. The molecular weight excluding hydrogens is 240 g/mol. The van der Waals surface area contributed by atoms with Gasteiger partial charge in [-0.1, -0.05) is 11.3 Å². The van der Waals surface area contributed by atoms with Crippen molar-refractivity contribution in [2.45, 2.75) is 26.3 Å². The van der Waals surface area contributed by atoms with Crippen LogP contribution >= 0.6 is 11.3 Å². The number of hydrogen-bond donors (Lipinski definition) is 1. The van der Waals surface area contributed by atoms with Gasteiger partial charge in [0.05, 0.1) is 11.5 Å². The van der Waals surface area contributed by atoms with Crippen LogP contribution in [0.15, 0.2) is 4.79 Å². The van der Waals surface area contributed by atoms with Gasteiger partial charge in [0.15, 0.2) is 0 Å². The molecule has 2 heterocycles. The zero-order valence-corrected chi connectivity index (χ0v) is 10.6. The fourth-order valence-electron chi connectivity index (χ4n) is 1.98. The summed E-state index contributed by atoms with van der Waals surface area (Å²) in [5.41, 5.74) is 0.328. The van der Waals surface area contributed by atoms with Gasteiger partial charge in [0.25, 0.3) is 0 Å². The Balaban J connectivity index is 2.14. The van der Waals surface area contributed by atoms with Crippen LogP contribution in [0, 0.1) is 0 Å². The number of ether oxygens (including phenoxy) is 1. The third-order valence-electron chi connectivity index (χ3n) is 2.77. The molecule has 17 heavy (non-hydrogen) atoms.